The van der Waals surface area contributed by atoms with Crippen LogP contribution >= 0.6 is 0 Å². The van der Waals surface area contributed by atoms with E-state index in [4.69, 9.17) is 14.2 Å². The Kier molecular flexibility index (Phi) is 3.51. The van der Waals surface area contributed by atoms with Crippen molar-refractivity contribution in [2.24, 2.45) is 23.2 Å². The van der Waals surface area contributed by atoms with Crippen molar-refractivity contribution in [1.82, 2.24) is 0 Å². The lowest BCUT2D eigenvalue weighted by Gasteiger charge is -2.55. The third-order valence-electron chi connectivity index (χ3n) is 6.42. The molecular weight excluding hydrogens is 252 g/mol. The highest BCUT2D eigenvalue weighted by Gasteiger charge is 2.65. The summed E-state index contributed by atoms with van der Waals surface area (Å²) in [6, 6.07) is 0. The molecule has 3 heteroatoms. The average molecular weight is 280 g/mol. The first-order chi connectivity index (χ1) is 9.49. The van der Waals surface area contributed by atoms with E-state index in [2.05, 4.69) is 26.8 Å². The van der Waals surface area contributed by atoms with Gasteiger partial charge in [-0.05, 0) is 30.6 Å². The van der Waals surface area contributed by atoms with Gasteiger partial charge in [0.05, 0.1) is 0 Å². The van der Waals surface area contributed by atoms with Gasteiger partial charge in [-0.2, -0.15) is 0 Å². The standard InChI is InChI=1S/C17H28O3/c1-11-7-6-8-13-9-10-17(19-5)14(16(11,13)3)12(2)15(18-4)20-17/h8,11-12,14-15H,6-7,9-10H2,1-5H3. The van der Waals surface area contributed by atoms with E-state index in [0.29, 0.717) is 17.8 Å². The summed E-state index contributed by atoms with van der Waals surface area (Å²) < 4.78 is 17.8. The average Bonchev–Trinajstić information content (AvgIpc) is 2.75. The van der Waals surface area contributed by atoms with Crippen LogP contribution in [0, 0.1) is 23.2 Å². The van der Waals surface area contributed by atoms with Crippen molar-refractivity contribution in [2.75, 3.05) is 14.2 Å². The lowest BCUT2D eigenvalue weighted by Crippen LogP contribution is -2.54. The van der Waals surface area contributed by atoms with Gasteiger partial charge in [0.25, 0.3) is 0 Å². The first-order valence-electron chi connectivity index (χ1n) is 7.95. The monoisotopic (exact) mass is 280 g/mol. The zero-order chi connectivity index (χ0) is 14.5. The van der Waals surface area contributed by atoms with E-state index in [1.54, 1.807) is 19.8 Å². The number of methoxy groups -OCH3 is 2. The molecule has 3 aliphatic rings. The van der Waals surface area contributed by atoms with E-state index in [1.807, 2.05) is 0 Å². The summed E-state index contributed by atoms with van der Waals surface area (Å²) >= 11 is 0. The molecule has 6 atom stereocenters. The number of allylic oxidation sites excluding steroid dienone is 2. The Labute approximate surface area is 122 Å². The second kappa shape index (κ2) is 4.82. The van der Waals surface area contributed by atoms with Gasteiger partial charge in [0, 0.05) is 32.5 Å². The molecule has 0 N–H and O–H groups in total. The summed E-state index contributed by atoms with van der Waals surface area (Å²) in [7, 11) is 3.54. The Morgan fingerprint density at radius 2 is 2.05 bits per heavy atom. The summed E-state index contributed by atoms with van der Waals surface area (Å²) in [5, 5.41) is 0. The van der Waals surface area contributed by atoms with E-state index < -0.39 is 5.79 Å². The SMILES string of the molecule is COC1OC2(OC)CCC3=CCCC(C)C3(C)C2C1C. The third-order valence-corrected chi connectivity index (χ3v) is 6.42. The molecule has 114 valence electrons. The molecule has 1 aliphatic heterocycles. The van der Waals surface area contributed by atoms with E-state index in [9.17, 15) is 0 Å². The third kappa shape index (κ3) is 1.69. The van der Waals surface area contributed by atoms with E-state index in [1.165, 1.54) is 12.8 Å². The minimum absolute atomic E-state index is 0.148. The molecule has 1 saturated heterocycles. The summed E-state index contributed by atoms with van der Waals surface area (Å²) in [5.41, 5.74) is 1.81. The maximum Gasteiger partial charge on any atom is 0.175 e. The number of rotatable bonds is 2. The van der Waals surface area contributed by atoms with Gasteiger partial charge in [-0.25, -0.2) is 0 Å². The van der Waals surface area contributed by atoms with Crippen LogP contribution in [-0.2, 0) is 14.2 Å². The second-order valence-corrected chi connectivity index (χ2v) is 7.07. The van der Waals surface area contributed by atoms with Gasteiger partial charge in [0.15, 0.2) is 12.1 Å². The lowest BCUT2D eigenvalue weighted by atomic mass is 9.52. The van der Waals surface area contributed by atoms with Crippen LogP contribution in [0.5, 0.6) is 0 Å². The van der Waals surface area contributed by atoms with Crippen LogP contribution in [0.3, 0.4) is 0 Å². The molecule has 1 saturated carbocycles. The minimum atomic E-state index is -0.461. The zero-order valence-electron chi connectivity index (χ0n) is 13.4. The van der Waals surface area contributed by atoms with Crippen molar-refractivity contribution in [3.8, 4) is 0 Å². The Morgan fingerprint density at radius 1 is 1.30 bits per heavy atom. The molecule has 2 fully saturated rings. The molecule has 0 aromatic carbocycles. The van der Waals surface area contributed by atoms with Crippen LogP contribution in [0.1, 0.15) is 46.5 Å². The summed E-state index contributed by atoms with van der Waals surface area (Å²) in [4.78, 5) is 0. The molecule has 0 aromatic rings. The van der Waals surface area contributed by atoms with Crippen molar-refractivity contribution in [2.45, 2.75) is 58.5 Å². The lowest BCUT2D eigenvalue weighted by molar-refractivity contribution is -0.286. The topological polar surface area (TPSA) is 27.7 Å². The van der Waals surface area contributed by atoms with Crippen LogP contribution in [0.2, 0.25) is 0 Å². The van der Waals surface area contributed by atoms with Crippen LogP contribution in [0.25, 0.3) is 0 Å². The minimum Gasteiger partial charge on any atom is -0.355 e. The van der Waals surface area contributed by atoms with E-state index in [-0.39, 0.29) is 11.7 Å². The number of ether oxygens (including phenoxy) is 3. The highest BCUT2D eigenvalue weighted by atomic mass is 16.8. The first kappa shape index (κ1) is 14.6. The number of hydrogen-bond donors (Lipinski definition) is 0. The maximum atomic E-state index is 6.25. The Hall–Kier alpha value is -0.380. The number of fused-ring (bicyclic) bond motifs is 3. The van der Waals surface area contributed by atoms with Crippen molar-refractivity contribution in [3.05, 3.63) is 11.6 Å². The molecule has 1 heterocycles. The van der Waals surface area contributed by atoms with Crippen LogP contribution in [-0.4, -0.2) is 26.3 Å². The molecule has 3 nitrogen and oxygen atoms in total. The molecular formula is C17H28O3. The zero-order valence-corrected chi connectivity index (χ0v) is 13.4. The first-order valence-corrected chi connectivity index (χ1v) is 7.95. The summed E-state index contributed by atoms with van der Waals surface area (Å²) in [6.07, 6.45) is 6.86. The molecule has 0 bridgehead atoms. The van der Waals surface area contributed by atoms with Gasteiger partial charge >= 0.3 is 0 Å². The fraction of sp³-hybridized carbons (Fsp3) is 0.882. The van der Waals surface area contributed by atoms with Crippen LogP contribution < -0.4 is 0 Å². The smallest absolute Gasteiger partial charge is 0.175 e. The molecule has 20 heavy (non-hydrogen) atoms. The fourth-order valence-corrected chi connectivity index (χ4v) is 5.22. The molecule has 2 aliphatic carbocycles. The summed E-state index contributed by atoms with van der Waals surface area (Å²) in [6.45, 7) is 7.08. The number of hydrogen-bond acceptors (Lipinski definition) is 3. The van der Waals surface area contributed by atoms with Gasteiger partial charge in [0.2, 0.25) is 0 Å². The Balaban J connectivity index is 2.08. The normalized spacial score (nSPS) is 51.4. The van der Waals surface area contributed by atoms with Gasteiger partial charge in [-0.3, -0.25) is 0 Å². The highest BCUT2D eigenvalue weighted by Crippen LogP contribution is 2.63. The molecule has 0 spiro atoms. The maximum absolute atomic E-state index is 6.25. The largest absolute Gasteiger partial charge is 0.355 e. The second-order valence-electron chi connectivity index (χ2n) is 7.07. The molecule has 0 amide bonds. The molecule has 6 unspecified atom stereocenters. The van der Waals surface area contributed by atoms with Crippen molar-refractivity contribution in [3.63, 3.8) is 0 Å². The molecule has 0 aromatic heterocycles. The summed E-state index contributed by atoms with van der Waals surface area (Å²) in [5.74, 6) is 0.941. The van der Waals surface area contributed by atoms with Gasteiger partial charge in [-0.15, -0.1) is 0 Å². The van der Waals surface area contributed by atoms with Crippen molar-refractivity contribution < 1.29 is 14.2 Å². The Morgan fingerprint density at radius 3 is 2.70 bits per heavy atom. The van der Waals surface area contributed by atoms with Gasteiger partial charge < -0.3 is 14.2 Å². The van der Waals surface area contributed by atoms with Crippen molar-refractivity contribution >= 4 is 0 Å². The predicted molar refractivity (Wildman–Crippen MR) is 78.1 cm³/mol. The highest BCUT2D eigenvalue weighted by molar-refractivity contribution is 5.26. The van der Waals surface area contributed by atoms with Crippen LogP contribution in [0.4, 0.5) is 0 Å². The van der Waals surface area contributed by atoms with E-state index in [0.717, 1.165) is 12.8 Å². The van der Waals surface area contributed by atoms with E-state index >= 15 is 0 Å². The van der Waals surface area contributed by atoms with Crippen molar-refractivity contribution in [1.29, 1.82) is 0 Å². The van der Waals surface area contributed by atoms with Crippen LogP contribution in [0.15, 0.2) is 11.6 Å². The fourth-order valence-electron chi connectivity index (χ4n) is 5.22. The quantitative estimate of drug-likeness (QED) is 0.721. The molecule has 0 radical (unpaired) electrons. The molecule has 3 rings (SSSR count). The van der Waals surface area contributed by atoms with Gasteiger partial charge in [0.1, 0.15) is 0 Å². The Bertz CT molecular complexity index is 418. The van der Waals surface area contributed by atoms with Gasteiger partial charge in [-0.1, -0.05) is 32.4 Å². The predicted octanol–water partition coefficient (Wildman–Crippen LogP) is 3.74.